The first-order valence-corrected chi connectivity index (χ1v) is 9.76. The fourth-order valence-electron chi connectivity index (χ4n) is 2.50. The minimum Gasteiger partial charge on any atom is -0.497 e. The molecular formula is C22H19FN2O3S. The maximum absolute atomic E-state index is 13.6. The lowest BCUT2D eigenvalue weighted by molar-refractivity contribution is -0.113. The number of carbonyl (C=O) groups excluding carboxylic acids is 2. The van der Waals surface area contributed by atoms with Crippen molar-refractivity contribution >= 4 is 35.0 Å². The van der Waals surface area contributed by atoms with Gasteiger partial charge in [0.1, 0.15) is 11.6 Å². The number of thioether (sulfide) groups is 1. The number of anilines is 2. The summed E-state index contributed by atoms with van der Waals surface area (Å²) in [6.07, 6.45) is 0. The first-order valence-electron chi connectivity index (χ1n) is 8.78. The number of halogens is 1. The zero-order valence-corrected chi connectivity index (χ0v) is 16.5. The molecule has 0 aliphatic heterocycles. The second kappa shape index (κ2) is 9.75. The lowest BCUT2D eigenvalue weighted by Gasteiger charge is -2.08. The average molecular weight is 410 g/mol. The van der Waals surface area contributed by atoms with E-state index in [0.717, 1.165) is 4.90 Å². The summed E-state index contributed by atoms with van der Waals surface area (Å²) < 4.78 is 18.7. The predicted octanol–water partition coefficient (Wildman–Crippen LogP) is 4.82. The third-order valence-electron chi connectivity index (χ3n) is 3.96. The monoisotopic (exact) mass is 410 g/mol. The molecule has 0 aliphatic rings. The van der Waals surface area contributed by atoms with Gasteiger partial charge in [-0.2, -0.15) is 0 Å². The number of rotatable bonds is 7. The highest BCUT2D eigenvalue weighted by Gasteiger charge is 2.09. The van der Waals surface area contributed by atoms with Crippen molar-refractivity contribution < 1.29 is 18.7 Å². The minimum atomic E-state index is -0.470. The summed E-state index contributed by atoms with van der Waals surface area (Å²) in [5.41, 5.74) is 1.29. The van der Waals surface area contributed by atoms with Crippen molar-refractivity contribution in [2.75, 3.05) is 23.5 Å². The molecule has 2 N–H and O–H groups in total. The maximum atomic E-state index is 13.6. The van der Waals surface area contributed by atoms with Crippen LogP contribution >= 0.6 is 11.8 Å². The molecule has 0 aromatic heterocycles. The Bertz CT molecular complexity index is 1010. The summed E-state index contributed by atoms with van der Waals surface area (Å²) in [5, 5.41) is 5.36. The van der Waals surface area contributed by atoms with Gasteiger partial charge in [0.15, 0.2) is 0 Å². The van der Waals surface area contributed by atoms with Crippen molar-refractivity contribution in [1.29, 1.82) is 0 Å². The van der Waals surface area contributed by atoms with Crippen LogP contribution < -0.4 is 15.4 Å². The Balaban J connectivity index is 1.52. The number of para-hydroxylation sites is 1. The smallest absolute Gasteiger partial charge is 0.255 e. The fraction of sp³-hybridized carbons (Fsp3) is 0.0909. The van der Waals surface area contributed by atoms with Gasteiger partial charge in [0.2, 0.25) is 5.91 Å². The molecular weight excluding hydrogens is 391 g/mol. The van der Waals surface area contributed by atoms with Crippen LogP contribution in [0.4, 0.5) is 15.8 Å². The van der Waals surface area contributed by atoms with Gasteiger partial charge in [-0.1, -0.05) is 18.2 Å². The number of hydrogen-bond acceptors (Lipinski definition) is 4. The van der Waals surface area contributed by atoms with Gasteiger partial charge in [0.25, 0.3) is 5.91 Å². The van der Waals surface area contributed by atoms with Crippen LogP contribution in [0.2, 0.25) is 0 Å². The van der Waals surface area contributed by atoms with E-state index in [1.165, 1.54) is 23.9 Å². The number of carbonyl (C=O) groups is 2. The molecule has 3 aromatic carbocycles. The Morgan fingerprint density at radius 1 is 0.966 bits per heavy atom. The van der Waals surface area contributed by atoms with Crippen LogP contribution in [-0.2, 0) is 4.79 Å². The molecule has 0 saturated carbocycles. The molecule has 5 nitrogen and oxygen atoms in total. The fourth-order valence-corrected chi connectivity index (χ4v) is 3.20. The van der Waals surface area contributed by atoms with Crippen molar-refractivity contribution in [3.05, 3.63) is 84.2 Å². The van der Waals surface area contributed by atoms with Crippen LogP contribution in [0.15, 0.2) is 77.7 Å². The summed E-state index contributed by atoms with van der Waals surface area (Å²) in [7, 11) is 1.55. The molecule has 0 heterocycles. The summed E-state index contributed by atoms with van der Waals surface area (Å²) in [4.78, 5) is 25.2. The Kier molecular flexibility index (Phi) is 6.86. The predicted molar refractivity (Wildman–Crippen MR) is 113 cm³/mol. The average Bonchev–Trinajstić information content (AvgIpc) is 2.75. The van der Waals surface area contributed by atoms with Gasteiger partial charge in [0, 0.05) is 16.1 Å². The van der Waals surface area contributed by atoms with Crippen molar-refractivity contribution in [2.45, 2.75) is 4.90 Å². The number of ether oxygens (including phenoxy) is 1. The third kappa shape index (κ3) is 5.83. The molecule has 148 valence electrons. The van der Waals surface area contributed by atoms with E-state index in [-0.39, 0.29) is 23.3 Å². The second-order valence-corrected chi connectivity index (χ2v) is 7.08. The van der Waals surface area contributed by atoms with Crippen LogP contribution in [0.3, 0.4) is 0 Å². The van der Waals surface area contributed by atoms with Gasteiger partial charge >= 0.3 is 0 Å². The van der Waals surface area contributed by atoms with Gasteiger partial charge in [-0.05, 0) is 54.6 Å². The van der Waals surface area contributed by atoms with Crippen LogP contribution in [0, 0.1) is 5.82 Å². The molecule has 0 unspecified atom stereocenters. The van der Waals surface area contributed by atoms with Crippen molar-refractivity contribution in [1.82, 2.24) is 0 Å². The first-order chi connectivity index (χ1) is 14.0. The quantitative estimate of drug-likeness (QED) is 0.548. The van der Waals surface area contributed by atoms with E-state index in [4.69, 9.17) is 4.74 Å². The Labute approximate surface area is 172 Å². The zero-order chi connectivity index (χ0) is 20.6. The Morgan fingerprint density at radius 2 is 1.72 bits per heavy atom. The summed E-state index contributed by atoms with van der Waals surface area (Å²) in [6, 6.07) is 20.0. The zero-order valence-electron chi connectivity index (χ0n) is 15.6. The number of hydrogen-bond donors (Lipinski definition) is 2. The highest BCUT2D eigenvalue weighted by molar-refractivity contribution is 8.00. The molecule has 3 rings (SSSR count). The SMILES string of the molecule is COc1cccc(C(=O)Nc2ccc(SCC(=O)Nc3ccccc3F)cc2)c1. The maximum Gasteiger partial charge on any atom is 0.255 e. The highest BCUT2D eigenvalue weighted by atomic mass is 32.2. The van der Waals surface area contributed by atoms with Gasteiger partial charge in [-0.3, -0.25) is 9.59 Å². The lowest BCUT2D eigenvalue weighted by Crippen LogP contribution is -2.15. The van der Waals surface area contributed by atoms with E-state index in [0.29, 0.717) is 17.0 Å². The number of benzene rings is 3. The van der Waals surface area contributed by atoms with E-state index in [1.54, 1.807) is 55.6 Å². The number of nitrogens with one attached hydrogen (secondary N) is 2. The summed E-state index contributed by atoms with van der Waals surface area (Å²) >= 11 is 1.32. The highest BCUT2D eigenvalue weighted by Crippen LogP contribution is 2.22. The van der Waals surface area contributed by atoms with Crippen LogP contribution in [0.5, 0.6) is 5.75 Å². The van der Waals surface area contributed by atoms with Gasteiger partial charge in [0.05, 0.1) is 18.6 Å². The Morgan fingerprint density at radius 3 is 2.45 bits per heavy atom. The van der Waals surface area contributed by atoms with Crippen molar-refractivity contribution in [3.8, 4) is 5.75 Å². The molecule has 0 spiro atoms. The molecule has 0 radical (unpaired) electrons. The minimum absolute atomic E-state index is 0.143. The van der Waals surface area contributed by atoms with E-state index >= 15 is 0 Å². The molecule has 7 heteroatoms. The largest absolute Gasteiger partial charge is 0.497 e. The van der Waals surface area contributed by atoms with Gasteiger partial charge in [-0.25, -0.2) is 4.39 Å². The molecule has 0 aliphatic carbocycles. The second-order valence-electron chi connectivity index (χ2n) is 6.03. The molecule has 3 aromatic rings. The topological polar surface area (TPSA) is 67.4 Å². The van der Waals surface area contributed by atoms with E-state index in [2.05, 4.69) is 10.6 Å². The first kappa shape index (κ1) is 20.4. The standard InChI is InChI=1S/C22H19FN2O3S/c1-28-17-6-4-5-15(13-17)22(27)24-16-9-11-18(12-10-16)29-14-21(26)25-20-8-3-2-7-19(20)23/h2-13H,14H2,1H3,(H,24,27)(H,25,26). The molecule has 29 heavy (non-hydrogen) atoms. The molecule has 0 bridgehead atoms. The normalized spacial score (nSPS) is 10.3. The van der Waals surface area contributed by atoms with Gasteiger partial charge in [-0.15, -0.1) is 11.8 Å². The molecule has 0 saturated heterocycles. The van der Waals surface area contributed by atoms with Crippen LogP contribution in [0.1, 0.15) is 10.4 Å². The van der Waals surface area contributed by atoms with E-state index in [9.17, 15) is 14.0 Å². The number of amides is 2. The number of methoxy groups -OCH3 is 1. The van der Waals surface area contributed by atoms with Crippen molar-refractivity contribution in [3.63, 3.8) is 0 Å². The van der Waals surface area contributed by atoms with Crippen molar-refractivity contribution in [2.24, 2.45) is 0 Å². The summed E-state index contributed by atoms with van der Waals surface area (Å²) in [5.74, 6) is -0.256. The van der Waals surface area contributed by atoms with Crippen LogP contribution in [0.25, 0.3) is 0 Å². The van der Waals surface area contributed by atoms with Crippen LogP contribution in [-0.4, -0.2) is 24.7 Å². The third-order valence-corrected chi connectivity index (χ3v) is 4.97. The van der Waals surface area contributed by atoms with E-state index in [1.807, 2.05) is 12.1 Å². The van der Waals surface area contributed by atoms with E-state index < -0.39 is 5.82 Å². The summed E-state index contributed by atoms with van der Waals surface area (Å²) in [6.45, 7) is 0. The lowest BCUT2D eigenvalue weighted by atomic mass is 10.2. The molecule has 0 atom stereocenters. The Hall–Kier alpha value is -3.32. The molecule has 2 amide bonds. The molecule has 0 fully saturated rings. The van der Waals surface area contributed by atoms with Gasteiger partial charge < -0.3 is 15.4 Å².